The minimum Gasteiger partial charge on any atom is -0.352 e. The van der Waals surface area contributed by atoms with Crippen LogP contribution in [0.5, 0.6) is 0 Å². The van der Waals surface area contributed by atoms with Gasteiger partial charge >= 0.3 is 0 Å². The minimum atomic E-state index is -1.75. The zero-order chi connectivity index (χ0) is 27.8. The predicted molar refractivity (Wildman–Crippen MR) is 153 cm³/mol. The van der Waals surface area contributed by atoms with Crippen molar-refractivity contribution < 1.29 is 18.8 Å². The lowest BCUT2D eigenvalue weighted by atomic mass is 9.64. The highest BCUT2D eigenvalue weighted by Gasteiger charge is 2.71. The van der Waals surface area contributed by atoms with Crippen LogP contribution in [0.3, 0.4) is 0 Å². The molecule has 4 nitrogen and oxygen atoms in total. The summed E-state index contributed by atoms with van der Waals surface area (Å²) >= 11 is 6.33. The Kier molecular flexibility index (Phi) is 5.45. The number of anilines is 1. The number of hydrogen-bond donors (Lipinski definition) is 0. The lowest BCUT2D eigenvalue weighted by Gasteiger charge is -2.37. The fraction of sp³-hybridized carbons (Fsp3) is 0.147. The van der Waals surface area contributed by atoms with Gasteiger partial charge in [-0.25, -0.2) is 4.39 Å². The lowest BCUT2D eigenvalue weighted by Crippen LogP contribution is -2.48. The van der Waals surface area contributed by atoms with Crippen LogP contribution in [0.15, 0.2) is 97.1 Å². The van der Waals surface area contributed by atoms with Gasteiger partial charge in [-0.1, -0.05) is 96.0 Å². The normalized spacial score (nSPS) is 21.9. The van der Waals surface area contributed by atoms with E-state index in [0.717, 1.165) is 11.1 Å². The van der Waals surface area contributed by atoms with Crippen molar-refractivity contribution >= 4 is 40.7 Å². The summed E-state index contributed by atoms with van der Waals surface area (Å²) < 4.78 is 15.8. The summed E-state index contributed by atoms with van der Waals surface area (Å²) in [6, 6.07) is 23.5. The van der Waals surface area contributed by atoms with Crippen molar-refractivity contribution in [2.75, 3.05) is 4.90 Å². The average Bonchev–Trinajstić information content (AvgIpc) is 3.39. The highest BCUT2D eigenvalue weighted by molar-refractivity contribution is 6.32. The molecule has 0 aromatic heterocycles. The maximum atomic E-state index is 15.8. The van der Waals surface area contributed by atoms with E-state index in [0.29, 0.717) is 27.4 Å². The van der Waals surface area contributed by atoms with Crippen molar-refractivity contribution in [1.82, 2.24) is 0 Å². The van der Waals surface area contributed by atoms with E-state index in [4.69, 9.17) is 11.6 Å². The van der Waals surface area contributed by atoms with Gasteiger partial charge < -0.3 is 4.90 Å². The molecule has 3 atom stereocenters. The summed E-state index contributed by atoms with van der Waals surface area (Å²) in [6.07, 6.45) is 3.64. The first kappa shape index (κ1) is 24.7. The maximum absolute atomic E-state index is 15.8. The average molecular weight is 548 g/mol. The minimum absolute atomic E-state index is 0.167. The second kappa shape index (κ2) is 8.83. The second-order valence-corrected chi connectivity index (χ2v) is 11.1. The van der Waals surface area contributed by atoms with E-state index in [1.54, 1.807) is 78.9 Å². The van der Waals surface area contributed by atoms with Crippen LogP contribution in [0, 0.1) is 18.2 Å². The molecule has 1 aliphatic carbocycles. The van der Waals surface area contributed by atoms with E-state index >= 15 is 4.39 Å². The van der Waals surface area contributed by atoms with Crippen molar-refractivity contribution in [2.24, 2.45) is 5.41 Å². The standard InChI is InChI=1S/C34H23ClFNO3/c1-19-10-12-20(13-11-19)31(38)30-29(25-8-4-5-9-26(25)36)34(32(39)23-6-2-3-7-24(23)33(34)40)28-17-14-21-18-22(35)15-16-27(21)37(28)30/h2-18,28-30H,1H3. The first-order valence-corrected chi connectivity index (χ1v) is 13.5. The molecule has 2 aliphatic heterocycles. The molecule has 1 saturated heterocycles. The molecule has 1 fully saturated rings. The number of carbonyl (C=O) groups is 3. The molecule has 7 rings (SSSR count). The van der Waals surface area contributed by atoms with E-state index in [1.165, 1.54) is 6.07 Å². The quantitative estimate of drug-likeness (QED) is 0.203. The van der Waals surface area contributed by atoms with Crippen molar-refractivity contribution in [3.8, 4) is 0 Å². The van der Waals surface area contributed by atoms with E-state index in [2.05, 4.69) is 0 Å². The summed E-state index contributed by atoms with van der Waals surface area (Å²) in [6.45, 7) is 1.93. The number of ketones is 3. The molecular weight excluding hydrogens is 525 g/mol. The molecule has 1 spiro atoms. The van der Waals surface area contributed by atoms with Gasteiger partial charge in [0, 0.05) is 33.3 Å². The second-order valence-electron chi connectivity index (χ2n) is 10.7. The molecule has 3 unspecified atom stereocenters. The van der Waals surface area contributed by atoms with E-state index < -0.39 is 40.8 Å². The van der Waals surface area contributed by atoms with Gasteiger partial charge in [0.1, 0.15) is 17.3 Å². The first-order valence-electron chi connectivity index (χ1n) is 13.1. The van der Waals surface area contributed by atoms with Gasteiger partial charge in [0.15, 0.2) is 17.3 Å². The number of aryl methyl sites for hydroxylation is 1. The fourth-order valence-corrected chi connectivity index (χ4v) is 7.09. The molecular formula is C34H23ClFNO3. The monoisotopic (exact) mass is 547 g/mol. The number of nitrogens with zero attached hydrogens (tertiary/aromatic N) is 1. The zero-order valence-corrected chi connectivity index (χ0v) is 22.2. The van der Waals surface area contributed by atoms with E-state index in [-0.39, 0.29) is 11.3 Å². The number of rotatable bonds is 3. The number of halogens is 2. The van der Waals surface area contributed by atoms with Gasteiger partial charge in [-0.3, -0.25) is 14.4 Å². The van der Waals surface area contributed by atoms with Gasteiger partial charge in [0.25, 0.3) is 0 Å². The Morgan fingerprint density at radius 1 is 0.875 bits per heavy atom. The SMILES string of the molecule is Cc1ccc(C(=O)C2C(c3ccccc3F)C3(C(=O)c4ccccc4C3=O)C3C=Cc4cc(Cl)ccc4N23)cc1. The van der Waals surface area contributed by atoms with Crippen molar-refractivity contribution in [1.29, 1.82) is 0 Å². The van der Waals surface area contributed by atoms with Crippen LogP contribution in [0.1, 0.15) is 53.7 Å². The Labute approximate surface area is 235 Å². The molecule has 6 heteroatoms. The Morgan fingerprint density at radius 3 is 2.20 bits per heavy atom. The lowest BCUT2D eigenvalue weighted by molar-refractivity contribution is 0.0664. The molecule has 2 heterocycles. The summed E-state index contributed by atoms with van der Waals surface area (Å²) in [5.41, 5.74) is 1.85. The van der Waals surface area contributed by atoms with Gasteiger partial charge in [0.2, 0.25) is 0 Å². The fourth-order valence-electron chi connectivity index (χ4n) is 6.91. The highest BCUT2D eigenvalue weighted by atomic mass is 35.5. The molecule has 40 heavy (non-hydrogen) atoms. The third-order valence-corrected chi connectivity index (χ3v) is 8.85. The van der Waals surface area contributed by atoms with Crippen LogP contribution in [0.25, 0.3) is 6.08 Å². The number of fused-ring (bicyclic) bond motifs is 5. The molecule has 0 bridgehead atoms. The maximum Gasteiger partial charge on any atom is 0.185 e. The molecule has 4 aromatic carbocycles. The Morgan fingerprint density at radius 2 is 1.52 bits per heavy atom. The topological polar surface area (TPSA) is 54.5 Å². The molecule has 196 valence electrons. The number of Topliss-reactive ketones (excluding diaryl/α,β-unsaturated/α-hetero) is 3. The number of benzene rings is 4. The molecule has 3 aliphatic rings. The summed E-state index contributed by atoms with van der Waals surface area (Å²) in [5, 5.41) is 0.517. The van der Waals surface area contributed by atoms with Gasteiger partial charge in [0.05, 0.1) is 6.04 Å². The van der Waals surface area contributed by atoms with Crippen LogP contribution in [-0.2, 0) is 0 Å². The smallest absolute Gasteiger partial charge is 0.185 e. The van der Waals surface area contributed by atoms with Crippen LogP contribution in [0.2, 0.25) is 5.02 Å². The summed E-state index contributed by atoms with van der Waals surface area (Å²) in [7, 11) is 0. The molecule has 0 saturated carbocycles. The van der Waals surface area contributed by atoms with Crippen LogP contribution in [0.4, 0.5) is 10.1 Å². The van der Waals surface area contributed by atoms with E-state index in [1.807, 2.05) is 30.0 Å². The Balaban J connectivity index is 1.56. The van der Waals surface area contributed by atoms with E-state index in [9.17, 15) is 14.4 Å². The molecule has 4 aromatic rings. The molecule has 0 N–H and O–H groups in total. The first-order chi connectivity index (χ1) is 19.3. The summed E-state index contributed by atoms with van der Waals surface area (Å²) in [4.78, 5) is 45.5. The van der Waals surface area contributed by atoms with Crippen LogP contribution >= 0.6 is 11.6 Å². The van der Waals surface area contributed by atoms with Gasteiger partial charge in [-0.05, 0) is 42.3 Å². The summed E-state index contributed by atoms with van der Waals surface area (Å²) in [5.74, 6) is -2.73. The predicted octanol–water partition coefficient (Wildman–Crippen LogP) is 7.10. The number of carbonyl (C=O) groups excluding carboxylic acids is 3. The third kappa shape index (κ3) is 3.21. The van der Waals surface area contributed by atoms with Crippen molar-refractivity contribution in [2.45, 2.75) is 24.9 Å². The third-order valence-electron chi connectivity index (χ3n) is 8.61. The van der Waals surface area contributed by atoms with Crippen molar-refractivity contribution in [3.05, 3.63) is 141 Å². The highest BCUT2D eigenvalue weighted by Crippen LogP contribution is 2.61. The van der Waals surface area contributed by atoms with Gasteiger partial charge in [-0.2, -0.15) is 0 Å². The molecule has 0 amide bonds. The van der Waals surface area contributed by atoms with Crippen molar-refractivity contribution in [3.63, 3.8) is 0 Å². The van der Waals surface area contributed by atoms with Crippen LogP contribution < -0.4 is 4.90 Å². The Bertz CT molecular complexity index is 1740. The van der Waals surface area contributed by atoms with Crippen LogP contribution in [-0.4, -0.2) is 29.4 Å². The molecule has 0 radical (unpaired) electrons. The zero-order valence-electron chi connectivity index (χ0n) is 21.5. The van der Waals surface area contributed by atoms with Gasteiger partial charge in [-0.15, -0.1) is 0 Å². The Hall–Kier alpha value is -4.35. The largest absolute Gasteiger partial charge is 0.352 e. The number of hydrogen-bond acceptors (Lipinski definition) is 4.